The van der Waals surface area contributed by atoms with Crippen LogP contribution >= 0.6 is 0 Å². The Morgan fingerprint density at radius 1 is 1.00 bits per heavy atom. The maximum Gasteiger partial charge on any atom is 0.295 e. The smallest absolute Gasteiger partial charge is 0.295 e. The second kappa shape index (κ2) is 8.71. The van der Waals surface area contributed by atoms with Crippen molar-refractivity contribution in [2.45, 2.75) is 18.9 Å². The largest absolute Gasteiger partial charge is 0.507 e. The molecule has 2 saturated heterocycles. The summed E-state index contributed by atoms with van der Waals surface area (Å²) in [6.07, 6.45) is 2.33. The summed E-state index contributed by atoms with van der Waals surface area (Å²) in [5, 5.41) is 11.0. The number of aliphatic hydroxyl groups excluding tert-OH is 1. The number of hydrogen-bond acceptors (Lipinski definition) is 5. The highest BCUT2D eigenvalue weighted by Crippen LogP contribution is 2.39. The van der Waals surface area contributed by atoms with Gasteiger partial charge in [0, 0.05) is 18.7 Å². The molecule has 2 aromatic carbocycles. The Bertz CT molecular complexity index is 947. The lowest BCUT2D eigenvalue weighted by Crippen LogP contribution is -2.37. The molecule has 1 atom stereocenters. The average molecular weight is 406 g/mol. The van der Waals surface area contributed by atoms with Crippen LogP contribution in [0.4, 0.5) is 0 Å². The minimum Gasteiger partial charge on any atom is -0.507 e. The van der Waals surface area contributed by atoms with E-state index in [0.717, 1.165) is 25.2 Å². The van der Waals surface area contributed by atoms with Crippen molar-refractivity contribution in [3.8, 4) is 5.75 Å². The number of rotatable bonds is 6. The van der Waals surface area contributed by atoms with Crippen LogP contribution in [0.2, 0.25) is 0 Å². The van der Waals surface area contributed by atoms with Crippen LogP contribution in [0.3, 0.4) is 0 Å². The number of hydrogen-bond donors (Lipinski definition) is 1. The third-order valence-corrected chi connectivity index (χ3v) is 5.87. The standard InChI is InChI=1S/C24H26N2O4/c1-30-19-11-9-18(10-12-19)22(27)20-21(17-7-3-2-4-8-17)26(24(29)23(20)28)16-15-25-13-5-6-14-25/h2-4,7-12,21,27H,5-6,13-16H2,1H3/b22-20+. The number of aliphatic hydroxyl groups is 1. The van der Waals surface area contributed by atoms with Crippen LogP contribution in [-0.4, -0.2) is 59.9 Å². The van der Waals surface area contributed by atoms with E-state index in [4.69, 9.17) is 4.74 Å². The molecular formula is C24H26N2O4. The molecule has 0 saturated carbocycles. The van der Waals surface area contributed by atoms with Gasteiger partial charge in [-0.15, -0.1) is 0 Å². The summed E-state index contributed by atoms with van der Waals surface area (Å²) in [6, 6.07) is 15.6. The lowest BCUT2D eigenvalue weighted by atomic mass is 9.95. The Kier molecular flexibility index (Phi) is 5.86. The number of likely N-dealkylation sites (tertiary alicyclic amines) is 2. The van der Waals surface area contributed by atoms with E-state index in [1.807, 2.05) is 30.3 Å². The molecule has 2 fully saturated rings. The summed E-state index contributed by atoms with van der Waals surface area (Å²) in [5.74, 6) is -0.706. The topological polar surface area (TPSA) is 70.1 Å². The third kappa shape index (κ3) is 3.83. The molecule has 6 heteroatoms. The highest BCUT2D eigenvalue weighted by Gasteiger charge is 2.45. The molecule has 2 aliphatic rings. The first kappa shape index (κ1) is 20.2. The van der Waals surface area contributed by atoms with E-state index in [9.17, 15) is 14.7 Å². The van der Waals surface area contributed by atoms with Crippen molar-refractivity contribution in [2.75, 3.05) is 33.3 Å². The minimum atomic E-state index is -0.640. The fourth-order valence-electron chi connectivity index (χ4n) is 4.25. The fraction of sp³-hybridized carbons (Fsp3) is 0.333. The van der Waals surface area contributed by atoms with Gasteiger partial charge in [-0.05, 0) is 55.8 Å². The Balaban J connectivity index is 1.73. The van der Waals surface area contributed by atoms with Gasteiger partial charge in [0.15, 0.2) is 0 Å². The number of Topliss-reactive ketones (excluding diaryl/α,β-unsaturated/α-hetero) is 1. The van der Waals surface area contributed by atoms with E-state index < -0.39 is 17.7 Å². The zero-order chi connectivity index (χ0) is 21.1. The molecule has 6 nitrogen and oxygen atoms in total. The predicted octanol–water partition coefficient (Wildman–Crippen LogP) is 3.21. The molecule has 1 amide bonds. The van der Waals surface area contributed by atoms with Crippen LogP contribution < -0.4 is 4.74 Å². The summed E-state index contributed by atoms with van der Waals surface area (Å²) in [4.78, 5) is 29.8. The van der Waals surface area contributed by atoms with Gasteiger partial charge in [0.2, 0.25) is 0 Å². The monoisotopic (exact) mass is 406 g/mol. The van der Waals surface area contributed by atoms with Crippen LogP contribution in [0.1, 0.15) is 30.0 Å². The summed E-state index contributed by atoms with van der Waals surface area (Å²) < 4.78 is 5.17. The van der Waals surface area contributed by atoms with Crippen LogP contribution in [-0.2, 0) is 9.59 Å². The van der Waals surface area contributed by atoms with Crippen molar-refractivity contribution >= 4 is 17.4 Å². The average Bonchev–Trinajstić information content (AvgIpc) is 3.39. The predicted molar refractivity (Wildman–Crippen MR) is 114 cm³/mol. The van der Waals surface area contributed by atoms with Gasteiger partial charge in [0.1, 0.15) is 11.5 Å². The van der Waals surface area contributed by atoms with Crippen molar-refractivity contribution in [3.63, 3.8) is 0 Å². The van der Waals surface area contributed by atoms with Gasteiger partial charge in [0.05, 0.1) is 18.7 Å². The van der Waals surface area contributed by atoms with Gasteiger partial charge < -0.3 is 19.6 Å². The molecule has 0 aliphatic carbocycles. The number of carbonyl (C=O) groups is 2. The van der Waals surface area contributed by atoms with E-state index in [1.165, 1.54) is 12.8 Å². The van der Waals surface area contributed by atoms with E-state index >= 15 is 0 Å². The van der Waals surface area contributed by atoms with Gasteiger partial charge in [-0.2, -0.15) is 0 Å². The highest BCUT2D eigenvalue weighted by molar-refractivity contribution is 6.46. The molecule has 2 aromatic rings. The number of ketones is 1. The first-order valence-corrected chi connectivity index (χ1v) is 10.3. The summed E-state index contributed by atoms with van der Waals surface area (Å²) in [7, 11) is 1.57. The van der Waals surface area contributed by atoms with Gasteiger partial charge in [-0.3, -0.25) is 9.59 Å². The lowest BCUT2D eigenvalue weighted by molar-refractivity contribution is -0.140. The summed E-state index contributed by atoms with van der Waals surface area (Å²) in [6.45, 7) is 3.21. The van der Waals surface area contributed by atoms with Crippen LogP contribution in [0, 0.1) is 0 Å². The van der Waals surface area contributed by atoms with Crippen LogP contribution in [0.5, 0.6) is 5.75 Å². The van der Waals surface area contributed by atoms with E-state index in [2.05, 4.69) is 4.90 Å². The Morgan fingerprint density at radius 3 is 2.30 bits per heavy atom. The van der Waals surface area contributed by atoms with Gasteiger partial charge in [-0.25, -0.2) is 0 Å². The first-order chi connectivity index (χ1) is 14.6. The van der Waals surface area contributed by atoms with E-state index in [1.54, 1.807) is 36.3 Å². The zero-order valence-electron chi connectivity index (χ0n) is 17.1. The zero-order valence-corrected chi connectivity index (χ0v) is 17.1. The SMILES string of the molecule is COc1ccc(/C(O)=C2\C(=O)C(=O)N(CCN3CCCC3)C2c2ccccc2)cc1. The maximum absolute atomic E-state index is 13.0. The number of ether oxygens (including phenoxy) is 1. The normalized spacial score (nSPS) is 21.4. The van der Waals surface area contributed by atoms with E-state index in [0.29, 0.717) is 17.9 Å². The van der Waals surface area contributed by atoms with Crippen molar-refractivity contribution in [3.05, 3.63) is 71.3 Å². The van der Waals surface area contributed by atoms with Crippen LogP contribution in [0.15, 0.2) is 60.2 Å². The second-order valence-electron chi connectivity index (χ2n) is 7.68. The first-order valence-electron chi connectivity index (χ1n) is 10.3. The number of methoxy groups -OCH3 is 1. The Morgan fingerprint density at radius 2 is 1.67 bits per heavy atom. The third-order valence-electron chi connectivity index (χ3n) is 5.87. The fourth-order valence-corrected chi connectivity index (χ4v) is 4.25. The summed E-state index contributed by atoms with van der Waals surface area (Å²) in [5.41, 5.74) is 1.43. The maximum atomic E-state index is 13.0. The van der Waals surface area contributed by atoms with Crippen molar-refractivity contribution < 1.29 is 19.4 Å². The molecule has 1 N–H and O–H groups in total. The molecular weight excluding hydrogens is 380 g/mol. The van der Waals surface area contributed by atoms with Gasteiger partial charge >= 0.3 is 0 Å². The number of benzene rings is 2. The molecule has 4 rings (SSSR count). The minimum absolute atomic E-state index is 0.137. The number of amides is 1. The quantitative estimate of drug-likeness (QED) is 0.453. The summed E-state index contributed by atoms with van der Waals surface area (Å²) >= 11 is 0. The molecule has 0 aromatic heterocycles. The van der Waals surface area contributed by atoms with Crippen molar-refractivity contribution in [1.29, 1.82) is 0 Å². The van der Waals surface area contributed by atoms with Crippen molar-refractivity contribution in [2.24, 2.45) is 0 Å². The molecule has 2 heterocycles. The molecule has 30 heavy (non-hydrogen) atoms. The lowest BCUT2D eigenvalue weighted by Gasteiger charge is -2.27. The van der Waals surface area contributed by atoms with Gasteiger partial charge in [0.25, 0.3) is 11.7 Å². The van der Waals surface area contributed by atoms with Gasteiger partial charge in [-0.1, -0.05) is 30.3 Å². The molecule has 0 bridgehead atoms. The molecule has 2 aliphatic heterocycles. The number of carbonyl (C=O) groups excluding carboxylic acids is 2. The molecule has 0 spiro atoms. The highest BCUT2D eigenvalue weighted by atomic mass is 16.5. The van der Waals surface area contributed by atoms with Crippen molar-refractivity contribution in [1.82, 2.24) is 9.80 Å². The molecule has 0 radical (unpaired) electrons. The van der Waals surface area contributed by atoms with Crippen LogP contribution in [0.25, 0.3) is 5.76 Å². The Hall–Kier alpha value is -3.12. The Labute approximate surface area is 176 Å². The second-order valence-corrected chi connectivity index (χ2v) is 7.68. The molecule has 1 unspecified atom stereocenters. The van der Waals surface area contributed by atoms with E-state index in [-0.39, 0.29) is 11.3 Å². The molecule has 156 valence electrons. The number of nitrogens with zero attached hydrogens (tertiary/aromatic N) is 2.